The fourth-order valence-corrected chi connectivity index (χ4v) is 0.448. The predicted molar refractivity (Wildman–Crippen MR) is 44.7 cm³/mol. The van der Waals surface area contributed by atoms with Crippen LogP contribution in [0.25, 0.3) is 0 Å². The number of nitrogens with one attached hydrogen (secondary N) is 1. The molecule has 0 rings (SSSR count). The Morgan fingerprint density at radius 2 is 2.18 bits per heavy atom. The van der Waals surface area contributed by atoms with Crippen molar-refractivity contribution in [1.29, 1.82) is 0 Å². The molecule has 5 heteroatoms. The predicted octanol–water partition coefficient (Wildman–Crippen LogP) is -1.22. The first-order valence-corrected chi connectivity index (χ1v) is 3.52. The third kappa shape index (κ3) is 4.58. The highest BCUT2D eigenvalue weighted by molar-refractivity contribution is 5.77. The number of rotatable bonds is 3. The molecule has 0 amide bonds. The number of hydrazine groups is 1. The van der Waals surface area contributed by atoms with Crippen LogP contribution in [0.2, 0.25) is 0 Å². The first kappa shape index (κ1) is 10.2. The van der Waals surface area contributed by atoms with Crippen LogP contribution >= 0.6 is 0 Å². The number of nitrogens with zero attached hydrogens (tertiary/aromatic N) is 1. The Labute approximate surface area is 66.5 Å². The second kappa shape index (κ2) is 4.92. The van der Waals surface area contributed by atoms with Gasteiger partial charge in [0, 0.05) is 0 Å². The lowest BCUT2D eigenvalue weighted by atomic mass is 10.1. The van der Waals surface area contributed by atoms with E-state index >= 15 is 0 Å². The molecule has 0 aliphatic carbocycles. The molecule has 0 fully saturated rings. The van der Waals surface area contributed by atoms with Crippen LogP contribution in [-0.2, 0) is 0 Å². The average Bonchev–Trinajstić information content (AvgIpc) is 1.99. The van der Waals surface area contributed by atoms with Crippen molar-refractivity contribution in [3.63, 3.8) is 0 Å². The van der Waals surface area contributed by atoms with Gasteiger partial charge < -0.3 is 10.8 Å². The molecule has 0 aromatic heterocycles. The second-order valence-corrected chi connectivity index (χ2v) is 2.68. The van der Waals surface area contributed by atoms with Gasteiger partial charge >= 0.3 is 0 Å². The van der Waals surface area contributed by atoms with Gasteiger partial charge in [0.25, 0.3) is 0 Å². The number of aliphatic imine (C=N–C) groups is 1. The van der Waals surface area contributed by atoms with E-state index in [2.05, 4.69) is 10.4 Å². The maximum absolute atomic E-state index is 9.24. The van der Waals surface area contributed by atoms with Crippen LogP contribution in [0.1, 0.15) is 13.8 Å². The highest BCUT2D eigenvalue weighted by Crippen LogP contribution is 2.00. The quantitative estimate of drug-likeness (QED) is 0.180. The van der Waals surface area contributed by atoms with Crippen LogP contribution in [0, 0.1) is 5.92 Å². The molecular weight excluding hydrogens is 144 g/mol. The van der Waals surface area contributed by atoms with Crippen molar-refractivity contribution >= 4 is 5.96 Å². The summed E-state index contributed by atoms with van der Waals surface area (Å²) in [5.41, 5.74) is 7.40. The maximum atomic E-state index is 9.24. The number of nitrogens with two attached hydrogens (primary N) is 2. The highest BCUT2D eigenvalue weighted by Gasteiger charge is 2.07. The normalized spacial score (nSPS) is 15.2. The van der Waals surface area contributed by atoms with E-state index in [0.717, 1.165) is 0 Å². The van der Waals surface area contributed by atoms with E-state index in [1.807, 2.05) is 13.8 Å². The Morgan fingerprint density at radius 3 is 2.55 bits per heavy atom. The van der Waals surface area contributed by atoms with E-state index < -0.39 is 6.10 Å². The summed E-state index contributed by atoms with van der Waals surface area (Å²) in [6.45, 7) is 4.10. The zero-order chi connectivity index (χ0) is 8.85. The molecule has 0 aromatic carbocycles. The summed E-state index contributed by atoms with van der Waals surface area (Å²) in [5.74, 6) is 5.27. The van der Waals surface area contributed by atoms with Crippen LogP contribution in [0.4, 0.5) is 0 Å². The minimum Gasteiger partial charge on any atom is -0.391 e. The average molecular weight is 160 g/mol. The van der Waals surface area contributed by atoms with E-state index in [1.54, 1.807) is 0 Å². The lowest BCUT2D eigenvalue weighted by Gasteiger charge is -2.11. The first-order valence-electron chi connectivity index (χ1n) is 3.52. The molecule has 1 atom stereocenters. The van der Waals surface area contributed by atoms with Crippen molar-refractivity contribution in [1.82, 2.24) is 5.43 Å². The molecule has 0 saturated carbocycles. The summed E-state index contributed by atoms with van der Waals surface area (Å²) in [5, 5.41) is 9.24. The van der Waals surface area contributed by atoms with Crippen molar-refractivity contribution < 1.29 is 5.11 Å². The number of aliphatic hydroxyl groups excluding tert-OH is 1. The SMILES string of the molecule is CC(C)C(O)CN=C(N)NN. The summed E-state index contributed by atoms with van der Waals surface area (Å²) in [7, 11) is 0. The number of aliphatic hydroxyl groups is 1. The van der Waals surface area contributed by atoms with Gasteiger partial charge in [-0.15, -0.1) is 0 Å². The Balaban J connectivity index is 3.68. The third-order valence-electron chi connectivity index (χ3n) is 1.37. The molecule has 0 aliphatic heterocycles. The van der Waals surface area contributed by atoms with Gasteiger partial charge in [0.05, 0.1) is 12.6 Å². The van der Waals surface area contributed by atoms with Gasteiger partial charge in [-0.2, -0.15) is 0 Å². The summed E-state index contributed by atoms with van der Waals surface area (Å²) in [6, 6.07) is 0. The minimum absolute atomic E-state index is 0.143. The van der Waals surface area contributed by atoms with Gasteiger partial charge in [0.2, 0.25) is 5.96 Å². The molecule has 0 heterocycles. The summed E-state index contributed by atoms with van der Waals surface area (Å²) in [4.78, 5) is 3.77. The van der Waals surface area contributed by atoms with Gasteiger partial charge in [-0.3, -0.25) is 5.43 Å². The molecule has 1 unspecified atom stereocenters. The maximum Gasteiger partial charge on any atom is 0.203 e. The topological polar surface area (TPSA) is 96.7 Å². The van der Waals surface area contributed by atoms with E-state index in [9.17, 15) is 5.11 Å². The monoisotopic (exact) mass is 160 g/mol. The zero-order valence-electron chi connectivity index (χ0n) is 6.91. The Morgan fingerprint density at radius 1 is 1.64 bits per heavy atom. The van der Waals surface area contributed by atoms with Gasteiger partial charge in [0.15, 0.2) is 0 Å². The van der Waals surface area contributed by atoms with Crippen molar-refractivity contribution in [2.75, 3.05) is 6.54 Å². The summed E-state index contributed by atoms with van der Waals surface area (Å²) < 4.78 is 0. The standard InChI is InChI=1S/C6H16N4O/c1-4(2)5(11)3-9-6(7)10-8/h4-5,11H,3,8H2,1-2H3,(H3,7,9,10). The van der Waals surface area contributed by atoms with E-state index in [-0.39, 0.29) is 18.4 Å². The minimum atomic E-state index is -0.457. The lowest BCUT2D eigenvalue weighted by molar-refractivity contribution is 0.134. The van der Waals surface area contributed by atoms with E-state index in [0.29, 0.717) is 0 Å². The molecule has 0 radical (unpaired) electrons. The molecule has 0 aromatic rings. The molecule has 6 N–H and O–H groups in total. The molecule has 66 valence electrons. The largest absolute Gasteiger partial charge is 0.391 e. The van der Waals surface area contributed by atoms with Crippen LogP contribution in [0.15, 0.2) is 4.99 Å². The van der Waals surface area contributed by atoms with Crippen molar-refractivity contribution in [2.45, 2.75) is 20.0 Å². The number of guanidine groups is 1. The third-order valence-corrected chi connectivity index (χ3v) is 1.37. The van der Waals surface area contributed by atoms with Crippen molar-refractivity contribution in [3.05, 3.63) is 0 Å². The Kier molecular flexibility index (Phi) is 4.56. The Hall–Kier alpha value is -0.810. The molecule has 0 spiro atoms. The van der Waals surface area contributed by atoms with Crippen LogP contribution < -0.4 is 17.0 Å². The smallest absolute Gasteiger partial charge is 0.203 e. The molecule has 0 bridgehead atoms. The lowest BCUT2D eigenvalue weighted by Crippen LogP contribution is -2.38. The number of hydrogen-bond donors (Lipinski definition) is 4. The van der Waals surface area contributed by atoms with Crippen LogP contribution in [0.3, 0.4) is 0 Å². The molecular formula is C6H16N4O. The van der Waals surface area contributed by atoms with Gasteiger partial charge in [-0.25, -0.2) is 10.8 Å². The van der Waals surface area contributed by atoms with Crippen molar-refractivity contribution in [2.24, 2.45) is 22.5 Å². The Bertz CT molecular complexity index is 135. The van der Waals surface area contributed by atoms with E-state index in [4.69, 9.17) is 11.6 Å². The zero-order valence-corrected chi connectivity index (χ0v) is 6.91. The first-order chi connectivity index (χ1) is 5.07. The van der Waals surface area contributed by atoms with Gasteiger partial charge in [-0.05, 0) is 5.92 Å². The van der Waals surface area contributed by atoms with Crippen LogP contribution in [0.5, 0.6) is 0 Å². The summed E-state index contributed by atoms with van der Waals surface area (Å²) >= 11 is 0. The molecule has 0 saturated heterocycles. The highest BCUT2D eigenvalue weighted by atomic mass is 16.3. The van der Waals surface area contributed by atoms with Crippen molar-refractivity contribution in [3.8, 4) is 0 Å². The summed E-state index contributed by atoms with van der Waals surface area (Å²) in [6.07, 6.45) is -0.457. The fraction of sp³-hybridized carbons (Fsp3) is 0.833. The molecule has 5 nitrogen and oxygen atoms in total. The second-order valence-electron chi connectivity index (χ2n) is 2.68. The number of hydrogen-bond acceptors (Lipinski definition) is 3. The van der Waals surface area contributed by atoms with Crippen LogP contribution in [-0.4, -0.2) is 23.7 Å². The molecule has 11 heavy (non-hydrogen) atoms. The van der Waals surface area contributed by atoms with Gasteiger partial charge in [0.1, 0.15) is 0 Å². The fourth-order valence-electron chi connectivity index (χ4n) is 0.448. The molecule has 0 aliphatic rings. The van der Waals surface area contributed by atoms with E-state index in [1.165, 1.54) is 0 Å². The van der Waals surface area contributed by atoms with Gasteiger partial charge in [-0.1, -0.05) is 13.8 Å².